The molecule has 3 aromatic carbocycles. The van der Waals surface area contributed by atoms with Gasteiger partial charge < -0.3 is 4.74 Å². The largest absolute Gasteiger partial charge is 0.454 e. The molecule has 0 saturated heterocycles. The molecule has 0 N–H and O–H groups in total. The fourth-order valence-corrected chi connectivity index (χ4v) is 2.85. The van der Waals surface area contributed by atoms with Gasteiger partial charge in [-0.3, -0.25) is 0 Å². The molecule has 24 heavy (non-hydrogen) atoms. The average molecular weight is 332 g/mol. The molecule has 0 aromatic heterocycles. The van der Waals surface area contributed by atoms with Crippen molar-refractivity contribution in [2.75, 3.05) is 0 Å². The maximum atomic E-state index is 6.38. The van der Waals surface area contributed by atoms with E-state index in [9.17, 15) is 0 Å². The van der Waals surface area contributed by atoms with Crippen LogP contribution in [-0.2, 0) is 0 Å². The fraction of sp³-hybridized carbons (Fsp3) is 0. The number of benzene rings is 3. The van der Waals surface area contributed by atoms with Gasteiger partial charge in [-0.2, -0.15) is 0 Å². The summed E-state index contributed by atoms with van der Waals surface area (Å²) >= 11 is 6.38. The lowest BCUT2D eigenvalue weighted by molar-refractivity contribution is 0.518. The smallest absolute Gasteiger partial charge is 0.153 e. The molecule has 0 aliphatic carbocycles. The van der Waals surface area contributed by atoms with Crippen molar-refractivity contribution >= 4 is 28.8 Å². The highest BCUT2D eigenvalue weighted by Gasteiger charge is 2.16. The normalized spacial score (nSPS) is 13.2. The van der Waals surface area contributed by atoms with Gasteiger partial charge in [0.2, 0.25) is 0 Å². The van der Waals surface area contributed by atoms with Crippen LogP contribution in [0.4, 0.5) is 5.69 Å². The molecule has 0 unspecified atom stereocenters. The predicted molar refractivity (Wildman–Crippen MR) is 99.1 cm³/mol. The first-order valence-corrected chi connectivity index (χ1v) is 8.07. The van der Waals surface area contributed by atoms with Crippen molar-refractivity contribution in [3.8, 4) is 5.75 Å². The number of fused-ring (bicyclic) bond motifs is 1. The number of hydrogen-bond acceptors (Lipinski definition) is 2. The third-order valence-electron chi connectivity index (χ3n) is 3.80. The Balaban J connectivity index is 1.92. The van der Waals surface area contributed by atoms with Crippen LogP contribution in [0, 0.1) is 0 Å². The second kappa shape index (κ2) is 6.34. The first-order valence-electron chi connectivity index (χ1n) is 7.69. The molecule has 1 heterocycles. The molecule has 116 valence electrons. The zero-order chi connectivity index (χ0) is 16.4. The highest BCUT2D eigenvalue weighted by atomic mass is 35.5. The van der Waals surface area contributed by atoms with Crippen molar-refractivity contribution in [2.24, 2.45) is 4.99 Å². The van der Waals surface area contributed by atoms with Crippen LogP contribution in [0.1, 0.15) is 11.1 Å². The summed E-state index contributed by atoms with van der Waals surface area (Å²) < 4.78 is 6.14. The molecule has 1 aliphatic heterocycles. The molecular weight excluding hydrogens is 318 g/mol. The molecule has 0 atom stereocenters. The second-order valence-electron chi connectivity index (χ2n) is 5.42. The number of rotatable bonds is 2. The maximum Gasteiger partial charge on any atom is 0.153 e. The quantitative estimate of drug-likeness (QED) is 0.573. The highest BCUT2D eigenvalue weighted by Crippen LogP contribution is 2.35. The SMILES string of the molecule is Clc1ccccc1C1=Nc2ccccc2OC(c2ccccc2)=C1. The summed E-state index contributed by atoms with van der Waals surface area (Å²) in [5, 5.41) is 0.666. The lowest BCUT2D eigenvalue weighted by Gasteiger charge is -2.09. The standard InChI is InChI=1S/C21H14ClNO/c22-17-11-5-4-10-16(17)19-14-21(15-8-2-1-3-9-15)24-20-13-7-6-12-18(20)23-19/h1-14H. The molecule has 2 nitrogen and oxygen atoms in total. The molecule has 0 fully saturated rings. The highest BCUT2D eigenvalue weighted by molar-refractivity contribution is 6.35. The lowest BCUT2D eigenvalue weighted by atomic mass is 10.1. The Morgan fingerprint density at radius 1 is 0.750 bits per heavy atom. The number of nitrogens with zero attached hydrogens (tertiary/aromatic N) is 1. The van der Waals surface area contributed by atoms with E-state index in [4.69, 9.17) is 21.3 Å². The third-order valence-corrected chi connectivity index (χ3v) is 4.13. The number of halogens is 1. The van der Waals surface area contributed by atoms with Gasteiger partial charge in [-0.25, -0.2) is 4.99 Å². The van der Waals surface area contributed by atoms with Crippen molar-refractivity contribution in [2.45, 2.75) is 0 Å². The van der Waals surface area contributed by atoms with Gasteiger partial charge in [0.05, 0.1) is 5.71 Å². The summed E-state index contributed by atoms with van der Waals surface area (Å²) in [6.07, 6.45) is 1.94. The molecule has 0 spiro atoms. The molecule has 4 rings (SSSR count). The molecular formula is C21H14ClNO. The van der Waals surface area contributed by atoms with E-state index in [-0.39, 0.29) is 0 Å². The van der Waals surface area contributed by atoms with E-state index in [1.54, 1.807) is 0 Å². The van der Waals surface area contributed by atoms with Gasteiger partial charge >= 0.3 is 0 Å². The Morgan fingerprint density at radius 2 is 1.46 bits per heavy atom. The zero-order valence-corrected chi connectivity index (χ0v) is 13.6. The molecule has 1 aliphatic rings. The van der Waals surface area contributed by atoms with Crippen LogP contribution in [0.3, 0.4) is 0 Å². The molecule has 0 amide bonds. The minimum absolute atomic E-state index is 0.666. The number of hydrogen-bond donors (Lipinski definition) is 0. The van der Waals surface area contributed by atoms with Crippen LogP contribution in [0.15, 0.2) is 89.9 Å². The average Bonchev–Trinajstić information content (AvgIpc) is 2.82. The van der Waals surface area contributed by atoms with Gasteiger partial charge in [0.25, 0.3) is 0 Å². The van der Waals surface area contributed by atoms with Crippen molar-refractivity contribution in [1.82, 2.24) is 0 Å². The summed E-state index contributed by atoms with van der Waals surface area (Å²) in [4.78, 5) is 4.78. The summed E-state index contributed by atoms with van der Waals surface area (Å²) in [5.74, 6) is 1.48. The van der Waals surface area contributed by atoms with E-state index in [1.807, 2.05) is 84.9 Å². The van der Waals surface area contributed by atoms with Gasteiger partial charge in [-0.1, -0.05) is 72.3 Å². The van der Waals surface area contributed by atoms with Gasteiger partial charge in [0, 0.05) is 22.2 Å². The Kier molecular flexibility index (Phi) is 3.89. The van der Waals surface area contributed by atoms with Crippen molar-refractivity contribution < 1.29 is 4.74 Å². The number of para-hydroxylation sites is 2. The lowest BCUT2D eigenvalue weighted by Crippen LogP contribution is -2.00. The van der Waals surface area contributed by atoms with E-state index in [1.165, 1.54) is 0 Å². The summed E-state index contributed by atoms with van der Waals surface area (Å²) in [6, 6.07) is 25.4. The van der Waals surface area contributed by atoms with Crippen LogP contribution in [0.2, 0.25) is 5.02 Å². The minimum atomic E-state index is 0.666. The monoisotopic (exact) mass is 331 g/mol. The number of allylic oxidation sites excluding steroid dienone is 1. The summed E-state index contributed by atoms with van der Waals surface area (Å²) in [6.45, 7) is 0. The first kappa shape index (κ1) is 14.7. The van der Waals surface area contributed by atoms with Crippen molar-refractivity contribution in [1.29, 1.82) is 0 Å². The minimum Gasteiger partial charge on any atom is -0.454 e. The van der Waals surface area contributed by atoms with Crippen LogP contribution >= 0.6 is 11.6 Å². The number of aliphatic imine (C=N–C) groups is 1. The van der Waals surface area contributed by atoms with Crippen LogP contribution < -0.4 is 4.74 Å². The van der Waals surface area contributed by atoms with E-state index in [2.05, 4.69) is 0 Å². The summed E-state index contributed by atoms with van der Waals surface area (Å²) in [7, 11) is 0. The van der Waals surface area contributed by atoms with Gasteiger partial charge in [0.15, 0.2) is 5.75 Å². The topological polar surface area (TPSA) is 21.6 Å². The van der Waals surface area contributed by atoms with E-state index < -0.39 is 0 Å². The summed E-state index contributed by atoms with van der Waals surface area (Å²) in [5.41, 5.74) is 3.45. The molecule has 3 aromatic rings. The molecule has 0 saturated carbocycles. The van der Waals surface area contributed by atoms with Gasteiger partial charge in [-0.05, 0) is 18.2 Å². The first-order chi connectivity index (χ1) is 11.8. The molecule has 0 radical (unpaired) electrons. The van der Waals surface area contributed by atoms with Gasteiger partial charge in [0.1, 0.15) is 11.4 Å². The number of ether oxygens (including phenoxy) is 1. The Morgan fingerprint density at radius 3 is 2.29 bits per heavy atom. The Labute approximate surface area is 145 Å². The zero-order valence-electron chi connectivity index (χ0n) is 12.8. The second-order valence-corrected chi connectivity index (χ2v) is 5.83. The van der Waals surface area contributed by atoms with Crippen LogP contribution in [0.25, 0.3) is 5.76 Å². The Bertz CT molecular complexity index is 945. The van der Waals surface area contributed by atoms with Crippen LogP contribution in [-0.4, -0.2) is 5.71 Å². The van der Waals surface area contributed by atoms with Crippen molar-refractivity contribution in [3.63, 3.8) is 0 Å². The third kappa shape index (κ3) is 2.84. The molecule has 0 bridgehead atoms. The van der Waals surface area contributed by atoms with E-state index in [0.29, 0.717) is 5.02 Å². The Hall–Kier alpha value is -2.84. The van der Waals surface area contributed by atoms with E-state index in [0.717, 1.165) is 34.0 Å². The maximum absolute atomic E-state index is 6.38. The molecule has 3 heteroatoms. The van der Waals surface area contributed by atoms with Crippen LogP contribution in [0.5, 0.6) is 5.75 Å². The van der Waals surface area contributed by atoms with E-state index >= 15 is 0 Å². The van der Waals surface area contributed by atoms with Crippen molar-refractivity contribution in [3.05, 3.63) is 101 Å². The fourth-order valence-electron chi connectivity index (χ4n) is 2.62. The van der Waals surface area contributed by atoms with Gasteiger partial charge in [-0.15, -0.1) is 0 Å². The predicted octanol–water partition coefficient (Wildman–Crippen LogP) is 5.89.